The van der Waals surface area contributed by atoms with Crippen molar-refractivity contribution in [3.8, 4) is 22.3 Å². The van der Waals surface area contributed by atoms with E-state index in [1.165, 1.54) is 29.1 Å². The van der Waals surface area contributed by atoms with Crippen molar-refractivity contribution in [3.63, 3.8) is 0 Å². The Labute approximate surface area is 164 Å². The summed E-state index contributed by atoms with van der Waals surface area (Å²) in [4.78, 5) is 10.8. The normalized spacial score (nSPS) is 17.8. The molecule has 0 saturated carbocycles. The zero-order valence-electron chi connectivity index (χ0n) is 15.4. The molecule has 0 unspecified atom stereocenters. The van der Waals surface area contributed by atoms with Crippen LogP contribution in [-0.4, -0.2) is 32.1 Å². The predicted molar refractivity (Wildman–Crippen MR) is 99.1 cm³/mol. The smallest absolute Gasteiger partial charge is 0.425 e. The Bertz CT molecular complexity index is 1120. The van der Waals surface area contributed by atoms with Crippen molar-refractivity contribution in [2.75, 3.05) is 0 Å². The second kappa shape index (κ2) is 6.45. The summed E-state index contributed by atoms with van der Waals surface area (Å²) in [6.45, 7) is 1.81. The number of halogens is 3. The topological polar surface area (TPSA) is 75.4 Å². The second-order valence-electron chi connectivity index (χ2n) is 7.12. The summed E-state index contributed by atoms with van der Waals surface area (Å²) in [5, 5.41) is 23.8. The molecule has 8 heteroatoms. The lowest BCUT2D eigenvalue weighted by molar-refractivity contribution is -0.246. The summed E-state index contributed by atoms with van der Waals surface area (Å²) in [6, 6.07) is 9.06. The highest BCUT2D eigenvalue weighted by Gasteiger charge is 2.61. The average molecular weight is 402 g/mol. The van der Waals surface area contributed by atoms with E-state index in [0.717, 1.165) is 0 Å². The molecule has 2 aromatic carbocycles. The number of aliphatic hydroxyl groups is 1. The van der Waals surface area contributed by atoms with E-state index in [1.807, 2.05) is 0 Å². The van der Waals surface area contributed by atoms with Gasteiger partial charge in [0.25, 0.3) is 0 Å². The van der Waals surface area contributed by atoms with Crippen molar-refractivity contribution < 1.29 is 28.2 Å². The molecule has 1 aromatic heterocycles. The lowest BCUT2D eigenvalue weighted by atomic mass is 9.88. The molecule has 4 rings (SSSR count). The van der Waals surface area contributed by atoms with Gasteiger partial charge in [0.15, 0.2) is 0 Å². The third kappa shape index (κ3) is 2.91. The second-order valence-corrected chi connectivity index (χ2v) is 7.12. The number of rotatable bonds is 4. The first kappa shape index (κ1) is 19.2. The molecule has 1 aliphatic carbocycles. The van der Waals surface area contributed by atoms with E-state index in [4.69, 9.17) is 5.11 Å². The van der Waals surface area contributed by atoms with Gasteiger partial charge in [0.2, 0.25) is 5.60 Å². The lowest BCUT2D eigenvalue weighted by Crippen LogP contribution is -2.41. The van der Waals surface area contributed by atoms with Crippen molar-refractivity contribution in [2.45, 2.75) is 31.7 Å². The van der Waals surface area contributed by atoms with Crippen LogP contribution in [0.25, 0.3) is 22.3 Å². The highest BCUT2D eigenvalue weighted by molar-refractivity contribution is 5.92. The minimum atomic E-state index is -4.90. The molecular weight excluding hydrogens is 385 g/mol. The molecule has 1 heterocycles. The number of aromatic nitrogens is 2. The van der Waals surface area contributed by atoms with Gasteiger partial charge in [-0.15, -0.1) is 0 Å². The van der Waals surface area contributed by atoms with Gasteiger partial charge in [-0.05, 0) is 23.6 Å². The Morgan fingerprint density at radius 1 is 1.17 bits per heavy atom. The minimum Gasteiger partial charge on any atom is -0.481 e. The molecular formula is C21H17F3N2O3. The summed E-state index contributed by atoms with van der Waals surface area (Å²) in [5.41, 5.74) is -1.26. The van der Waals surface area contributed by atoms with Gasteiger partial charge in [-0.3, -0.25) is 9.48 Å². The number of carboxylic acids is 1. The Kier molecular flexibility index (Phi) is 4.27. The maximum Gasteiger partial charge on any atom is 0.425 e. The van der Waals surface area contributed by atoms with E-state index in [1.54, 1.807) is 31.3 Å². The number of carboxylic acid groups (broad SMARTS) is 1. The maximum absolute atomic E-state index is 14.0. The van der Waals surface area contributed by atoms with Gasteiger partial charge in [-0.1, -0.05) is 42.0 Å². The van der Waals surface area contributed by atoms with Gasteiger partial charge >= 0.3 is 12.1 Å². The monoisotopic (exact) mass is 402 g/mol. The fourth-order valence-corrected chi connectivity index (χ4v) is 3.89. The molecule has 1 atom stereocenters. The summed E-state index contributed by atoms with van der Waals surface area (Å²) in [5.74, 6) is -0.970. The molecule has 0 radical (unpaired) electrons. The van der Waals surface area contributed by atoms with Gasteiger partial charge in [0, 0.05) is 22.9 Å². The SMILES string of the molecule is Cc1cc(-c2cnn(CCC(=O)O)c2)c2c(c1)[C@@](O)(C(F)(F)F)c1ccccc1-2. The highest BCUT2D eigenvalue weighted by Crippen LogP contribution is 2.57. The van der Waals surface area contributed by atoms with Crippen LogP contribution in [0, 0.1) is 6.92 Å². The van der Waals surface area contributed by atoms with E-state index < -0.39 is 17.7 Å². The summed E-state index contributed by atoms with van der Waals surface area (Å²) < 4.78 is 43.5. The largest absolute Gasteiger partial charge is 0.481 e. The first-order valence-electron chi connectivity index (χ1n) is 8.91. The molecule has 0 amide bonds. The molecule has 5 nitrogen and oxygen atoms in total. The van der Waals surface area contributed by atoms with Crippen LogP contribution in [0.4, 0.5) is 13.2 Å². The maximum atomic E-state index is 14.0. The van der Waals surface area contributed by atoms with Crippen LogP contribution in [0.15, 0.2) is 48.8 Å². The van der Waals surface area contributed by atoms with Crippen LogP contribution in [0.5, 0.6) is 0 Å². The third-order valence-electron chi connectivity index (χ3n) is 5.17. The zero-order valence-corrected chi connectivity index (χ0v) is 15.4. The number of alkyl halides is 3. The number of benzene rings is 2. The van der Waals surface area contributed by atoms with Crippen LogP contribution < -0.4 is 0 Å². The molecule has 0 aliphatic heterocycles. The van der Waals surface area contributed by atoms with E-state index in [2.05, 4.69) is 5.10 Å². The van der Waals surface area contributed by atoms with E-state index in [-0.39, 0.29) is 24.1 Å². The van der Waals surface area contributed by atoms with E-state index >= 15 is 0 Å². The number of fused-ring (bicyclic) bond motifs is 3. The molecule has 150 valence electrons. The van der Waals surface area contributed by atoms with Crippen LogP contribution >= 0.6 is 0 Å². The lowest BCUT2D eigenvalue weighted by Gasteiger charge is -2.28. The molecule has 2 N–H and O–H groups in total. The highest BCUT2D eigenvalue weighted by atomic mass is 19.4. The van der Waals surface area contributed by atoms with Gasteiger partial charge in [0.05, 0.1) is 19.2 Å². The molecule has 0 fully saturated rings. The first-order chi connectivity index (χ1) is 13.6. The standard InChI is InChI=1S/C21H17F3N2O3/c1-12-8-15(13-10-25-26(11-13)7-6-18(27)28)19-14-4-2-3-5-16(14)20(29,17(19)9-12)21(22,23)24/h2-5,8-11,29H,6-7H2,1H3,(H,27,28)/t20-/m1/s1. The van der Waals surface area contributed by atoms with Gasteiger partial charge in [-0.25, -0.2) is 0 Å². The number of aryl methyl sites for hydroxylation is 2. The fraction of sp³-hybridized carbons (Fsp3) is 0.238. The summed E-state index contributed by atoms with van der Waals surface area (Å²) in [7, 11) is 0. The number of carbonyl (C=O) groups is 1. The Balaban J connectivity index is 1.94. The van der Waals surface area contributed by atoms with E-state index in [0.29, 0.717) is 27.8 Å². The van der Waals surface area contributed by atoms with Crippen LogP contribution in [-0.2, 0) is 16.9 Å². The molecule has 1 aliphatic rings. The van der Waals surface area contributed by atoms with E-state index in [9.17, 15) is 23.1 Å². The van der Waals surface area contributed by atoms with Crippen molar-refractivity contribution in [1.82, 2.24) is 9.78 Å². The van der Waals surface area contributed by atoms with Gasteiger partial charge in [0.1, 0.15) is 0 Å². The van der Waals surface area contributed by atoms with Crippen molar-refractivity contribution in [1.29, 1.82) is 0 Å². The summed E-state index contributed by atoms with van der Waals surface area (Å²) >= 11 is 0. The first-order valence-corrected chi connectivity index (χ1v) is 8.91. The van der Waals surface area contributed by atoms with Crippen LogP contribution in [0.3, 0.4) is 0 Å². The quantitative estimate of drug-likeness (QED) is 0.689. The van der Waals surface area contributed by atoms with Crippen molar-refractivity contribution >= 4 is 5.97 Å². The zero-order chi connectivity index (χ0) is 21.0. The number of hydrogen-bond donors (Lipinski definition) is 2. The number of aliphatic carboxylic acids is 1. The van der Waals surface area contributed by atoms with Crippen molar-refractivity contribution in [3.05, 3.63) is 65.5 Å². The number of nitrogens with zero attached hydrogens (tertiary/aromatic N) is 2. The fourth-order valence-electron chi connectivity index (χ4n) is 3.89. The molecule has 0 spiro atoms. The van der Waals surface area contributed by atoms with Gasteiger partial charge < -0.3 is 10.2 Å². The Hall–Kier alpha value is -3.13. The van der Waals surface area contributed by atoms with Crippen LogP contribution in [0.1, 0.15) is 23.1 Å². The summed E-state index contributed by atoms with van der Waals surface area (Å²) in [6.07, 6.45) is -1.93. The van der Waals surface area contributed by atoms with Gasteiger partial charge in [-0.2, -0.15) is 18.3 Å². The minimum absolute atomic E-state index is 0.121. The Morgan fingerprint density at radius 2 is 1.90 bits per heavy atom. The molecule has 0 bridgehead atoms. The number of hydrogen-bond acceptors (Lipinski definition) is 3. The molecule has 29 heavy (non-hydrogen) atoms. The predicted octanol–water partition coefficient (Wildman–Crippen LogP) is 4.11. The van der Waals surface area contributed by atoms with Crippen LogP contribution in [0.2, 0.25) is 0 Å². The average Bonchev–Trinajstić information content (AvgIpc) is 3.22. The molecule has 3 aromatic rings. The molecule has 0 saturated heterocycles. The third-order valence-corrected chi connectivity index (χ3v) is 5.17. The Morgan fingerprint density at radius 3 is 2.59 bits per heavy atom. The van der Waals surface area contributed by atoms with Crippen molar-refractivity contribution in [2.24, 2.45) is 0 Å².